The molecule has 0 aromatic carbocycles. The van der Waals surface area contributed by atoms with Crippen LogP contribution in [-0.2, 0) is 11.3 Å². The number of fused-ring (bicyclic) bond motifs is 2. The van der Waals surface area contributed by atoms with Crippen LogP contribution in [0.3, 0.4) is 0 Å². The van der Waals surface area contributed by atoms with Crippen LogP contribution in [0.2, 0.25) is 0 Å². The Kier molecular flexibility index (Phi) is 3.97. The van der Waals surface area contributed by atoms with E-state index in [1.54, 1.807) is 6.92 Å². The summed E-state index contributed by atoms with van der Waals surface area (Å²) in [5, 5.41) is 3.66. The summed E-state index contributed by atoms with van der Waals surface area (Å²) in [6.07, 6.45) is 5.84. The van der Waals surface area contributed by atoms with Gasteiger partial charge in [0, 0.05) is 6.42 Å². The molecule has 2 aliphatic rings. The van der Waals surface area contributed by atoms with Gasteiger partial charge in [0.1, 0.15) is 9.88 Å². The number of hydrogen-bond acceptors (Lipinski definition) is 4. The number of carbonyl (C=O) groups is 2. The smallest absolute Gasteiger partial charge is 0.260 e. The van der Waals surface area contributed by atoms with E-state index in [0.29, 0.717) is 29.5 Å². The van der Waals surface area contributed by atoms with Crippen molar-refractivity contribution in [2.24, 2.45) is 23.5 Å². The van der Waals surface area contributed by atoms with Crippen molar-refractivity contribution in [1.82, 2.24) is 10.3 Å². The van der Waals surface area contributed by atoms with Crippen LogP contribution < -0.4 is 11.1 Å². The third-order valence-electron chi connectivity index (χ3n) is 4.83. The lowest BCUT2D eigenvalue weighted by Crippen LogP contribution is -2.26. The zero-order valence-corrected chi connectivity index (χ0v) is 13.0. The second-order valence-electron chi connectivity index (χ2n) is 6.30. The van der Waals surface area contributed by atoms with Gasteiger partial charge in [0.25, 0.3) is 5.91 Å². The van der Waals surface area contributed by atoms with Gasteiger partial charge in [-0.05, 0) is 43.9 Å². The monoisotopic (exact) mass is 307 g/mol. The Balaban J connectivity index is 1.49. The minimum absolute atomic E-state index is 0.0982. The van der Waals surface area contributed by atoms with E-state index < -0.39 is 5.91 Å². The van der Waals surface area contributed by atoms with Gasteiger partial charge in [0.2, 0.25) is 5.91 Å². The fourth-order valence-corrected chi connectivity index (χ4v) is 4.72. The molecule has 0 radical (unpaired) electrons. The lowest BCUT2D eigenvalue weighted by molar-refractivity contribution is -0.122. The molecule has 1 aromatic rings. The molecule has 0 aliphatic heterocycles. The first-order chi connectivity index (χ1) is 10.0. The van der Waals surface area contributed by atoms with Gasteiger partial charge in [-0.2, -0.15) is 0 Å². The van der Waals surface area contributed by atoms with Crippen LogP contribution in [0.15, 0.2) is 0 Å². The summed E-state index contributed by atoms with van der Waals surface area (Å²) in [5.74, 6) is 1.85. The molecule has 2 amide bonds. The van der Waals surface area contributed by atoms with Crippen LogP contribution in [0, 0.1) is 24.7 Å². The van der Waals surface area contributed by atoms with E-state index in [0.717, 1.165) is 16.8 Å². The topological polar surface area (TPSA) is 85.1 Å². The quantitative estimate of drug-likeness (QED) is 0.872. The van der Waals surface area contributed by atoms with Crippen molar-refractivity contribution in [3.63, 3.8) is 0 Å². The van der Waals surface area contributed by atoms with E-state index in [4.69, 9.17) is 5.73 Å². The summed E-state index contributed by atoms with van der Waals surface area (Å²) in [7, 11) is 0. The predicted octanol–water partition coefficient (Wildman–Crippen LogP) is 1.99. The fourth-order valence-electron chi connectivity index (χ4n) is 3.87. The number of rotatable bonds is 5. The molecule has 2 bridgehead atoms. The fraction of sp³-hybridized carbons (Fsp3) is 0.667. The maximum absolute atomic E-state index is 12.0. The summed E-state index contributed by atoms with van der Waals surface area (Å²) in [6.45, 7) is 2.15. The molecule has 2 saturated carbocycles. The van der Waals surface area contributed by atoms with Crippen LogP contribution in [0.5, 0.6) is 0 Å². The van der Waals surface area contributed by atoms with E-state index in [-0.39, 0.29) is 5.91 Å². The molecule has 5 nitrogen and oxygen atoms in total. The number of nitrogens with two attached hydrogens (primary N) is 1. The molecule has 3 rings (SSSR count). The molecule has 114 valence electrons. The molecule has 3 atom stereocenters. The van der Waals surface area contributed by atoms with Gasteiger partial charge >= 0.3 is 0 Å². The van der Waals surface area contributed by atoms with Crippen molar-refractivity contribution in [2.45, 2.75) is 45.6 Å². The van der Waals surface area contributed by atoms with Crippen LogP contribution in [0.1, 0.15) is 52.5 Å². The summed E-state index contributed by atoms with van der Waals surface area (Å²) in [5.41, 5.74) is 5.91. The second-order valence-corrected chi connectivity index (χ2v) is 7.39. The molecule has 0 saturated heterocycles. The van der Waals surface area contributed by atoms with Gasteiger partial charge in [0.15, 0.2) is 0 Å². The van der Waals surface area contributed by atoms with Crippen molar-refractivity contribution < 1.29 is 9.59 Å². The normalized spacial score (nSPS) is 27.0. The Morgan fingerprint density at radius 2 is 2.19 bits per heavy atom. The largest absolute Gasteiger partial charge is 0.365 e. The Hall–Kier alpha value is -1.43. The molecule has 3 N–H and O–H groups in total. The third-order valence-corrected chi connectivity index (χ3v) is 6.01. The lowest BCUT2D eigenvalue weighted by atomic mass is 9.86. The highest BCUT2D eigenvalue weighted by Gasteiger charge is 2.40. The SMILES string of the molecule is Cc1nc(CNC(=O)CC2CC3CCC2C3)sc1C(N)=O. The Morgan fingerprint density at radius 3 is 2.76 bits per heavy atom. The Morgan fingerprint density at radius 1 is 1.38 bits per heavy atom. The first-order valence-electron chi connectivity index (χ1n) is 7.55. The van der Waals surface area contributed by atoms with Gasteiger partial charge < -0.3 is 11.1 Å². The summed E-state index contributed by atoms with van der Waals surface area (Å²) in [4.78, 5) is 28.0. The number of nitrogens with zero attached hydrogens (tertiary/aromatic N) is 1. The lowest BCUT2D eigenvalue weighted by Gasteiger charge is -2.20. The third kappa shape index (κ3) is 3.10. The van der Waals surface area contributed by atoms with Crippen LogP contribution in [0.4, 0.5) is 0 Å². The highest BCUT2D eigenvalue weighted by Crippen LogP contribution is 2.49. The van der Waals surface area contributed by atoms with Crippen molar-refractivity contribution in [2.75, 3.05) is 0 Å². The van der Waals surface area contributed by atoms with E-state index in [1.165, 1.54) is 37.0 Å². The number of aromatic nitrogens is 1. The summed E-state index contributed by atoms with van der Waals surface area (Å²) in [6, 6.07) is 0. The van der Waals surface area contributed by atoms with E-state index in [1.807, 2.05) is 0 Å². The number of hydrogen-bond donors (Lipinski definition) is 2. The van der Waals surface area contributed by atoms with Gasteiger partial charge in [-0.25, -0.2) is 4.98 Å². The maximum Gasteiger partial charge on any atom is 0.260 e. The Labute approximate surface area is 128 Å². The molecule has 2 aliphatic carbocycles. The van der Waals surface area contributed by atoms with Crippen LogP contribution in [0.25, 0.3) is 0 Å². The molecule has 2 fully saturated rings. The molecular weight excluding hydrogens is 286 g/mol. The molecular formula is C15H21N3O2S. The van der Waals surface area contributed by atoms with Gasteiger partial charge in [0.05, 0.1) is 12.2 Å². The van der Waals surface area contributed by atoms with Gasteiger partial charge in [-0.15, -0.1) is 11.3 Å². The van der Waals surface area contributed by atoms with Crippen molar-refractivity contribution in [3.05, 3.63) is 15.6 Å². The minimum atomic E-state index is -0.454. The van der Waals surface area contributed by atoms with Crippen molar-refractivity contribution >= 4 is 23.2 Å². The highest BCUT2D eigenvalue weighted by molar-refractivity contribution is 7.13. The average Bonchev–Trinajstić information content (AvgIpc) is 3.11. The molecule has 21 heavy (non-hydrogen) atoms. The number of primary amides is 1. The second kappa shape index (κ2) is 5.75. The number of carbonyl (C=O) groups excluding carboxylic acids is 2. The van der Waals surface area contributed by atoms with Gasteiger partial charge in [-0.1, -0.05) is 6.42 Å². The van der Waals surface area contributed by atoms with Crippen molar-refractivity contribution in [1.29, 1.82) is 0 Å². The summed E-state index contributed by atoms with van der Waals surface area (Å²) < 4.78 is 0. The van der Waals surface area contributed by atoms with Crippen LogP contribution >= 0.6 is 11.3 Å². The molecule has 0 spiro atoms. The zero-order valence-electron chi connectivity index (χ0n) is 12.2. The summed E-state index contributed by atoms with van der Waals surface area (Å²) >= 11 is 1.26. The maximum atomic E-state index is 12.0. The standard InChI is InChI=1S/C15H21N3O2S/c1-8-14(15(16)20)21-13(18-8)7-17-12(19)6-11-5-9-2-3-10(11)4-9/h9-11H,2-7H2,1H3,(H2,16,20)(H,17,19). The number of aryl methyl sites for hydroxylation is 1. The zero-order chi connectivity index (χ0) is 15.0. The number of amides is 2. The van der Waals surface area contributed by atoms with E-state index >= 15 is 0 Å². The van der Waals surface area contributed by atoms with E-state index in [2.05, 4.69) is 10.3 Å². The first-order valence-corrected chi connectivity index (χ1v) is 8.37. The van der Waals surface area contributed by atoms with E-state index in [9.17, 15) is 9.59 Å². The minimum Gasteiger partial charge on any atom is -0.365 e. The van der Waals surface area contributed by atoms with Crippen LogP contribution in [-0.4, -0.2) is 16.8 Å². The molecule has 1 aromatic heterocycles. The highest BCUT2D eigenvalue weighted by atomic mass is 32.1. The first kappa shape index (κ1) is 14.5. The van der Waals surface area contributed by atoms with Crippen molar-refractivity contribution in [3.8, 4) is 0 Å². The molecule has 6 heteroatoms. The average molecular weight is 307 g/mol. The predicted molar refractivity (Wildman–Crippen MR) is 80.8 cm³/mol. The number of thiazole rings is 1. The van der Waals surface area contributed by atoms with Gasteiger partial charge in [-0.3, -0.25) is 9.59 Å². The molecule has 3 unspecified atom stereocenters. The molecule has 1 heterocycles. The number of nitrogens with one attached hydrogen (secondary N) is 1. The Bertz CT molecular complexity index is 569.